The molecule has 142 valence electrons. The molecular weight excluding hydrogens is 366 g/mol. The maximum atomic E-state index is 12.5. The molecule has 0 aliphatic carbocycles. The lowest BCUT2D eigenvalue weighted by Crippen LogP contribution is -2.26. The van der Waals surface area contributed by atoms with Gasteiger partial charge in [-0.3, -0.25) is 0 Å². The Kier molecular flexibility index (Phi) is 5.57. The summed E-state index contributed by atoms with van der Waals surface area (Å²) in [6.07, 6.45) is 0.299. The van der Waals surface area contributed by atoms with Crippen molar-refractivity contribution in [3.63, 3.8) is 0 Å². The van der Waals surface area contributed by atoms with Gasteiger partial charge in [-0.15, -0.1) is 10.2 Å². The van der Waals surface area contributed by atoms with E-state index in [4.69, 9.17) is 9.15 Å². The Morgan fingerprint density at radius 1 is 1.11 bits per heavy atom. The van der Waals surface area contributed by atoms with E-state index in [-0.39, 0.29) is 11.4 Å². The van der Waals surface area contributed by atoms with Crippen molar-refractivity contribution in [3.05, 3.63) is 59.5 Å². The third-order valence-electron chi connectivity index (χ3n) is 4.03. The van der Waals surface area contributed by atoms with Crippen molar-refractivity contribution >= 4 is 10.0 Å². The molecule has 8 heteroatoms. The van der Waals surface area contributed by atoms with Crippen molar-refractivity contribution in [2.24, 2.45) is 0 Å². The van der Waals surface area contributed by atoms with Crippen LogP contribution >= 0.6 is 0 Å². The number of ether oxygens (including phenoxy) is 1. The minimum atomic E-state index is -3.63. The highest BCUT2D eigenvalue weighted by Gasteiger charge is 2.17. The van der Waals surface area contributed by atoms with Crippen LogP contribution in [-0.4, -0.2) is 32.3 Å². The van der Waals surface area contributed by atoms with Gasteiger partial charge in [0.25, 0.3) is 0 Å². The minimum absolute atomic E-state index is 0.156. The molecule has 1 heterocycles. The van der Waals surface area contributed by atoms with Gasteiger partial charge in [-0.1, -0.05) is 17.7 Å². The average Bonchev–Trinajstić information content (AvgIpc) is 3.10. The van der Waals surface area contributed by atoms with Gasteiger partial charge in [0.2, 0.25) is 21.8 Å². The van der Waals surface area contributed by atoms with Crippen LogP contribution in [-0.2, 0) is 16.4 Å². The number of benzene rings is 2. The van der Waals surface area contributed by atoms with Gasteiger partial charge < -0.3 is 9.15 Å². The van der Waals surface area contributed by atoms with Crippen LogP contribution in [0.2, 0.25) is 0 Å². The van der Waals surface area contributed by atoms with Crippen LogP contribution in [0.3, 0.4) is 0 Å². The highest BCUT2D eigenvalue weighted by Crippen LogP contribution is 2.21. The summed E-state index contributed by atoms with van der Waals surface area (Å²) in [5, 5.41) is 8.01. The number of nitrogens with zero attached hydrogens (tertiary/aromatic N) is 2. The van der Waals surface area contributed by atoms with Crippen molar-refractivity contribution in [2.45, 2.75) is 25.2 Å². The molecular formula is C19H21N3O4S. The van der Waals surface area contributed by atoms with E-state index >= 15 is 0 Å². The summed E-state index contributed by atoms with van der Waals surface area (Å²) in [4.78, 5) is 0.217. The summed E-state index contributed by atoms with van der Waals surface area (Å²) in [5.41, 5.74) is 2.54. The molecule has 27 heavy (non-hydrogen) atoms. The summed E-state index contributed by atoms with van der Waals surface area (Å²) in [7, 11) is -2.09. The average molecular weight is 387 g/mol. The number of methoxy groups -OCH3 is 1. The summed E-state index contributed by atoms with van der Waals surface area (Å²) in [6, 6.07) is 12.6. The molecule has 0 spiro atoms. The molecule has 0 bridgehead atoms. The monoisotopic (exact) mass is 387 g/mol. The molecule has 3 rings (SSSR count). The molecule has 0 radical (unpaired) electrons. The lowest BCUT2D eigenvalue weighted by Gasteiger charge is -2.09. The van der Waals surface area contributed by atoms with E-state index in [1.54, 1.807) is 19.1 Å². The van der Waals surface area contributed by atoms with Crippen molar-refractivity contribution < 1.29 is 17.6 Å². The quantitative estimate of drug-likeness (QED) is 0.670. The maximum Gasteiger partial charge on any atom is 0.247 e. The molecule has 0 fully saturated rings. The van der Waals surface area contributed by atoms with Gasteiger partial charge in [0, 0.05) is 18.5 Å². The van der Waals surface area contributed by atoms with Crippen molar-refractivity contribution in [1.82, 2.24) is 14.9 Å². The first-order chi connectivity index (χ1) is 12.9. The fraction of sp³-hybridized carbons (Fsp3) is 0.263. The molecule has 0 unspecified atom stereocenters. The lowest BCUT2D eigenvalue weighted by atomic mass is 10.1. The molecule has 0 saturated heterocycles. The van der Waals surface area contributed by atoms with Gasteiger partial charge in [0.15, 0.2) is 0 Å². The molecule has 2 aromatic carbocycles. The van der Waals surface area contributed by atoms with Gasteiger partial charge >= 0.3 is 0 Å². The van der Waals surface area contributed by atoms with E-state index in [2.05, 4.69) is 14.9 Å². The fourth-order valence-electron chi connectivity index (χ4n) is 2.67. The van der Waals surface area contributed by atoms with Crippen LogP contribution < -0.4 is 9.46 Å². The summed E-state index contributed by atoms with van der Waals surface area (Å²) in [5.74, 6) is 1.41. The number of hydrogen-bond acceptors (Lipinski definition) is 6. The second-order valence-corrected chi connectivity index (χ2v) is 7.89. The van der Waals surface area contributed by atoms with Gasteiger partial charge in [-0.2, -0.15) is 0 Å². The Balaban J connectivity index is 1.64. The first-order valence-corrected chi connectivity index (χ1v) is 9.91. The molecule has 1 N–H and O–H groups in total. The number of rotatable bonds is 7. The van der Waals surface area contributed by atoms with Crippen LogP contribution in [0.5, 0.6) is 5.75 Å². The Bertz CT molecular complexity index is 1040. The van der Waals surface area contributed by atoms with E-state index < -0.39 is 10.0 Å². The topological polar surface area (TPSA) is 94.3 Å². The number of hydrogen-bond donors (Lipinski definition) is 1. The Hall–Kier alpha value is -2.71. The van der Waals surface area contributed by atoms with Gasteiger partial charge in [0.1, 0.15) is 5.75 Å². The Labute approximate surface area is 158 Å². The zero-order chi connectivity index (χ0) is 19.4. The summed E-state index contributed by atoms with van der Waals surface area (Å²) < 4.78 is 38.3. The van der Waals surface area contributed by atoms with Gasteiger partial charge in [-0.05, 0) is 49.7 Å². The second-order valence-electron chi connectivity index (χ2n) is 6.15. The predicted molar refractivity (Wildman–Crippen MR) is 101 cm³/mol. The fourth-order valence-corrected chi connectivity index (χ4v) is 3.93. The number of nitrogens with one attached hydrogen (secondary N) is 1. The first-order valence-electron chi connectivity index (χ1n) is 8.43. The molecule has 0 aliphatic rings. The van der Waals surface area contributed by atoms with Crippen LogP contribution in [0.1, 0.15) is 17.0 Å². The van der Waals surface area contributed by atoms with E-state index in [0.717, 1.165) is 11.1 Å². The standard InChI is InChI=1S/C19H21N3O4S/c1-13-5-4-6-15(11-13)19-22-21-18(26-19)9-10-20-27(23,24)17-8-7-16(25-3)12-14(17)2/h4-8,11-12,20H,9-10H2,1-3H3. The zero-order valence-electron chi connectivity index (χ0n) is 15.4. The Morgan fingerprint density at radius 3 is 2.63 bits per heavy atom. The summed E-state index contributed by atoms with van der Waals surface area (Å²) >= 11 is 0. The molecule has 0 saturated carbocycles. The Morgan fingerprint density at radius 2 is 1.93 bits per heavy atom. The van der Waals surface area contributed by atoms with Crippen LogP contribution in [0.15, 0.2) is 51.8 Å². The highest BCUT2D eigenvalue weighted by molar-refractivity contribution is 7.89. The van der Waals surface area contributed by atoms with Gasteiger partial charge in [-0.25, -0.2) is 13.1 Å². The smallest absolute Gasteiger partial charge is 0.247 e. The lowest BCUT2D eigenvalue weighted by molar-refractivity contribution is 0.414. The molecule has 0 atom stereocenters. The van der Waals surface area contributed by atoms with E-state index in [1.807, 2.05) is 31.2 Å². The largest absolute Gasteiger partial charge is 0.497 e. The molecule has 0 aliphatic heterocycles. The summed E-state index contributed by atoms with van der Waals surface area (Å²) in [6.45, 7) is 3.86. The molecule has 0 amide bonds. The van der Waals surface area contributed by atoms with Crippen molar-refractivity contribution in [1.29, 1.82) is 0 Å². The van der Waals surface area contributed by atoms with Gasteiger partial charge in [0.05, 0.1) is 12.0 Å². The number of aromatic nitrogens is 2. The van der Waals surface area contributed by atoms with Crippen molar-refractivity contribution in [3.8, 4) is 17.2 Å². The van der Waals surface area contributed by atoms with Crippen LogP contribution in [0.25, 0.3) is 11.5 Å². The third-order valence-corrected chi connectivity index (χ3v) is 5.66. The number of aryl methyl sites for hydroxylation is 2. The molecule has 3 aromatic rings. The zero-order valence-corrected chi connectivity index (χ0v) is 16.2. The second kappa shape index (κ2) is 7.89. The maximum absolute atomic E-state index is 12.5. The third kappa shape index (κ3) is 4.53. The van der Waals surface area contributed by atoms with Crippen molar-refractivity contribution in [2.75, 3.05) is 13.7 Å². The van der Waals surface area contributed by atoms with E-state index in [9.17, 15) is 8.42 Å². The van der Waals surface area contributed by atoms with E-state index in [1.165, 1.54) is 13.2 Å². The molecule has 1 aromatic heterocycles. The molecule has 7 nitrogen and oxygen atoms in total. The first kappa shape index (κ1) is 19.1. The number of sulfonamides is 1. The van der Waals surface area contributed by atoms with Crippen LogP contribution in [0.4, 0.5) is 0 Å². The predicted octanol–water partition coefficient (Wildman–Crippen LogP) is 2.88. The van der Waals surface area contributed by atoms with Crippen LogP contribution in [0, 0.1) is 13.8 Å². The highest BCUT2D eigenvalue weighted by atomic mass is 32.2. The van der Waals surface area contributed by atoms with E-state index in [0.29, 0.717) is 29.5 Å². The SMILES string of the molecule is COc1ccc(S(=O)(=O)NCCc2nnc(-c3cccc(C)c3)o2)c(C)c1. The minimum Gasteiger partial charge on any atom is -0.497 e. The normalized spacial score (nSPS) is 11.5.